The summed E-state index contributed by atoms with van der Waals surface area (Å²) in [6.45, 7) is 1.54. The zero-order valence-electron chi connectivity index (χ0n) is 13.1. The summed E-state index contributed by atoms with van der Waals surface area (Å²) in [7, 11) is 0. The lowest BCUT2D eigenvalue weighted by Gasteiger charge is -2.25. The lowest BCUT2D eigenvalue weighted by Crippen LogP contribution is -2.35. The summed E-state index contributed by atoms with van der Waals surface area (Å²) >= 11 is 0. The number of nitrogens with zero attached hydrogens (tertiary/aromatic N) is 3. The number of fused-ring (bicyclic) bond motifs is 1. The Kier molecular flexibility index (Phi) is 3.72. The Balaban J connectivity index is 1.76. The van der Waals surface area contributed by atoms with E-state index in [4.69, 9.17) is 0 Å². The van der Waals surface area contributed by atoms with Crippen LogP contribution in [0.3, 0.4) is 0 Å². The number of nitrogens with one attached hydrogen (secondary N) is 1. The maximum atomic E-state index is 13.9. The zero-order chi connectivity index (χ0) is 16.5. The van der Waals surface area contributed by atoms with Gasteiger partial charge in [0.1, 0.15) is 0 Å². The molecule has 0 aliphatic carbocycles. The summed E-state index contributed by atoms with van der Waals surface area (Å²) in [5.41, 5.74) is 2.26. The van der Waals surface area contributed by atoms with E-state index < -0.39 is 5.95 Å². The van der Waals surface area contributed by atoms with E-state index in [2.05, 4.69) is 15.2 Å². The molecule has 0 spiro atoms. The predicted molar refractivity (Wildman–Crippen MR) is 89.0 cm³/mol. The van der Waals surface area contributed by atoms with Crippen LogP contribution in [0.4, 0.5) is 4.39 Å². The summed E-state index contributed by atoms with van der Waals surface area (Å²) in [4.78, 5) is 18.3. The number of halogens is 1. The third kappa shape index (κ3) is 2.54. The number of carbonyl (C=O) groups is 1. The molecule has 2 aromatic heterocycles. The number of benzene rings is 1. The van der Waals surface area contributed by atoms with Gasteiger partial charge in [0, 0.05) is 30.2 Å². The highest BCUT2D eigenvalue weighted by Gasteiger charge is 2.22. The van der Waals surface area contributed by atoms with Crippen LogP contribution in [0.5, 0.6) is 0 Å². The van der Waals surface area contributed by atoms with E-state index >= 15 is 0 Å². The smallest absolute Gasteiger partial charge is 0.274 e. The first kappa shape index (κ1) is 14.8. The average Bonchev–Trinajstić information content (AvgIpc) is 3.05. The minimum absolute atomic E-state index is 0.0650. The monoisotopic (exact) mass is 324 g/mol. The second-order valence-corrected chi connectivity index (χ2v) is 6.03. The summed E-state index contributed by atoms with van der Waals surface area (Å²) in [6.07, 6.45) is 4.64. The molecule has 1 aliphatic heterocycles. The number of rotatable bonds is 2. The highest BCUT2D eigenvalue weighted by atomic mass is 19.1. The summed E-state index contributed by atoms with van der Waals surface area (Å²) < 4.78 is 13.9. The van der Waals surface area contributed by atoms with Crippen LogP contribution in [0.15, 0.2) is 36.5 Å². The molecular formula is C18H17FN4O. The fraction of sp³-hybridized carbons (Fsp3) is 0.278. The molecule has 122 valence electrons. The van der Waals surface area contributed by atoms with Gasteiger partial charge < -0.3 is 4.90 Å². The maximum absolute atomic E-state index is 13.9. The largest absolute Gasteiger partial charge is 0.337 e. The van der Waals surface area contributed by atoms with Gasteiger partial charge in [-0.25, -0.2) is 4.98 Å². The summed E-state index contributed by atoms with van der Waals surface area (Å²) in [6, 6.07) is 8.79. The lowest BCUT2D eigenvalue weighted by molar-refractivity contribution is 0.0720. The van der Waals surface area contributed by atoms with Crippen LogP contribution in [0.25, 0.3) is 22.0 Å². The van der Waals surface area contributed by atoms with Gasteiger partial charge in [-0.3, -0.25) is 9.89 Å². The molecule has 4 rings (SSSR count). The highest BCUT2D eigenvalue weighted by molar-refractivity contribution is 6.05. The van der Waals surface area contributed by atoms with Crippen molar-refractivity contribution in [1.82, 2.24) is 20.1 Å². The first-order chi connectivity index (χ1) is 11.7. The number of amides is 1. The van der Waals surface area contributed by atoms with Crippen LogP contribution >= 0.6 is 0 Å². The van der Waals surface area contributed by atoms with Gasteiger partial charge in [-0.2, -0.15) is 9.49 Å². The summed E-state index contributed by atoms with van der Waals surface area (Å²) in [5.74, 6) is -0.589. The van der Waals surface area contributed by atoms with E-state index in [9.17, 15) is 9.18 Å². The standard InChI is InChI=1S/C18H17FN4O/c19-17-13(5-4-8-20-17)12-6-7-15-14(11-12)16(22-21-15)18(24)23-9-2-1-3-10-23/h4-8,11H,1-3,9-10H2,(H,21,22). The van der Waals surface area contributed by atoms with E-state index in [1.165, 1.54) is 6.20 Å². The maximum Gasteiger partial charge on any atom is 0.274 e. The van der Waals surface area contributed by atoms with Crippen LogP contribution in [0, 0.1) is 5.95 Å². The molecule has 1 amide bonds. The molecule has 0 atom stereocenters. The van der Waals surface area contributed by atoms with Crippen LogP contribution in [-0.2, 0) is 0 Å². The van der Waals surface area contributed by atoms with Gasteiger partial charge in [-0.15, -0.1) is 0 Å². The Bertz CT molecular complexity index is 899. The van der Waals surface area contributed by atoms with E-state index in [0.717, 1.165) is 37.9 Å². The summed E-state index contributed by atoms with van der Waals surface area (Å²) in [5, 5.41) is 7.81. The normalized spacial score (nSPS) is 15.0. The molecule has 0 unspecified atom stereocenters. The van der Waals surface area contributed by atoms with Gasteiger partial charge in [0.15, 0.2) is 5.69 Å². The molecule has 1 N–H and O–H groups in total. The Morgan fingerprint density at radius 2 is 2.00 bits per heavy atom. The third-order valence-electron chi connectivity index (χ3n) is 4.48. The molecule has 0 radical (unpaired) electrons. The minimum atomic E-state index is -0.524. The van der Waals surface area contributed by atoms with Gasteiger partial charge in [-0.05, 0) is 49.1 Å². The quantitative estimate of drug-likeness (QED) is 0.735. The van der Waals surface area contributed by atoms with Crippen molar-refractivity contribution in [1.29, 1.82) is 0 Å². The van der Waals surface area contributed by atoms with Crippen LogP contribution in [-0.4, -0.2) is 39.1 Å². The van der Waals surface area contributed by atoms with Gasteiger partial charge in [0.25, 0.3) is 5.91 Å². The number of hydrogen-bond donors (Lipinski definition) is 1. The van der Waals surface area contributed by atoms with Gasteiger partial charge in [-0.1, -0.05) is 6.07 Å². The second kappa shape index (κ2) is 6.03. The predicted octanol–water partition coefficient (Wildman–Crippen LogP) is 3.39. The number of piperidine rings is 1. The SMILES string of the molecule is O=C(c1n[nH]c2ccc(-c3cccnc3F)cc12)N1CCCCC1. The van der Waals surface area contributed by atoms with E-state index in [1.54, 1.807) is 24.3 Å². The van der Waals surface area contributed by atoms with Gasteiger partial charge >= 0.3 is 0 Å². The number of hydrogen-bond acceptors (Lipinski definition) is 3. The van der Waals surface area contributed by atoms with Crippen molar-refractivity contribution in [2.75, 3.05) is 13.1 Å². The van der Waals surface area contributed by atoms with Crippen LogP contribution in [0.1, 0.15) is 29.8 Å². The molecule has 1 saturated heterocycles. The van der Waals surface area contributed by atoms with Gasteiger partial charge in [0.05, 0.1) is 5.52 Å². The molecular weight excluding hydrogens is 307 g/mol. The second-order valence-electron chi connectivity index (χ2n) is 6.03. The Morgan fingerprint density at radius 1 is 1.17 bits per heavy atom. The molecule has 3 aromatic rings. The third-order valence-corrected chi connectivity index (χ3v) is 4.48. The van der Waals surface area contributed by atoms with Crippen LogP contribution in [0.2, 0.25) is 0 Å². The molecule has 24 heavy (non-hydrogen) atoms. The molecule has 1 aromatic carbocycles. The van der Waals surface area contributed by atoms with Crippen LogP contribution < -0.4 is 0 Å². The van der Waals surface area contributed by atoms with Crippen molar-refractivity contribution in [2.45, 2.75) is 19.3 Å². The number of H-pyrrole nitrogens is 1. The molecule has 3 heterocycles. The first-order valence-corrected chi connectivity index (χ1v) is 8.12. The molecule has 1 aliphatic rings. The molecule has 5 nitrogen and oxygen atoms in total. The number of aromatic amines is 1. The van der Waals surface area contributed by atoms with E-state index in [1.807, 2.05) is 11.0 Å². The first-order valence-electron chi connectivity index (χ1n) is 8.12. The highest BCUT2D eigenvalue weighted by Crippen LogP contribution is 2.27. The Hall–Kier alpha value is -2.76. The Morgan fingerprint density at radius 3 is 2.79 bits per heavy atom. The van der Waals surface area contributed by atoms with Crippen molar-refractivity contribution in [2.24, 2.45) is 0 Å². The number of aromatic nitrogens is 3. The molecule has 0 bridgehead atoms. The molecule has 0 saturated carbocycles. The van der Waals surface area contributed by atoms with E-state index in [-0.39, 0.29) is 5.91 Å². The molecule has 1 fully saturated rings. The Labute approximate surface area is 138 Å². The lowest BCUT2D eigenvalue weighted by atomic mass is 10.0. The molecule has 6 heteroatoms. The van der Waals surface area contributed by atoms with Crippen molar-refractivity contribution >= 4 is 16.8 Å². The fourth-order valence-corrected chi connectivity index (χ4v) is 3.19. The number of likely N-dealkylation sites (tertiary alicyclic amines) is 1. The number of carbonyl (C=O) groups excluding carboxylic acids is 1. The van der Waals surface area contributed by atoms with Crippen molar-refractivity contribution in [3.63, 3.8) is 0 Å². The van der Waals surface area contributed by atoms with Crippen molar-refractivity contribution in [3.8, 4) is 11.1 Å². The topological polar surface area (TPSA) is 61.9 Å². The van der Waals surface area contributed by atoms with Crippen molar-refractivity contribution < 1.29 is 9.18 Å². The number of pyridine rings is 1. The van der Waals surface area contributed by atoms with Gasteiger partial charge in [0.2, 0.25) is 5.95 Å². The van der Waals surface area contributed by atoms with Crippen molar-refractivity contribution in [3.05, 3.63) is 48.2 Å². The average molecular weight is 324 g/mol. The fourth-order valence-electron chi connectivity index (χ4n) is 3.19. The zero-order valence-corrected chi connectivity index (χ0v) is 13.1. The van der Waals surface area contributed by atoms with E-state index in [0.29, 0.717) is 22.2 Å². The minimum Gasteiger partial charge on any atom is -0.337 e.